The van der Waals surface area contributed by atoms with Crippen molar-refractivity contribution in [2.45, 2.75) is 38.6 Å². The van der Waals surface area contributed by atoms with Crippen LogP contribution in [0.5, 0.6) is 11.5 Å². The molecule has 1 unspecified atom stereocenters. The molecule has 2 aromatic carbocycles. The first kappa shape index (κ1) is 32.5. The van der Waals surface area contributed by atoms with Crippen LogP contribution in [0.1, 0.15) is 43.4 Å². The Morgan fingerprint density at radius 2 is 1.73 bits per heavy atom. The predicted molar refractivity (Wildman–Crippen MR) is 189 cm³/mol. The van der Waals surface area contributed by atoms with Crippen molar-refractivity contribution >= 4 is 40.2 Å². The summed E-state index contributed by atoms with van der Waals surface area (Å²) < 4.78 is 7.63. The molecule has 0 bridgehead atoms. The van der Waals surface area contributed by atoms with Crippen molar-refractivity contribution in [2.75, 3.05) is 49.8 Å². The van der Waals surface area contributed by atoms with Gasteiger partial charge in [0.25, 0.3) is 5.91 Å². The third-order valence-electron chi connectivity index (χ3n) is 8.38. The standard InChI is InChI=1S/C36H41N9O3/c1-36(2,3)31-21-33(41-35(47)39-24-8-11-27(12-9-24)48-28-15-17-38-30(20-28)34(46)37-4)45(42-31)25-10-13-29-23(19-25)7-14-32(40-29)44-18-16-26(22-44)43(5)6/h7-15,17,19-21,26H,16,18,22H2,1-6H3,(H,37,46)(H2,39,41,47). The van der Waals surface area contributed by atoms with Crippen molar-refractivity contribution in [2.24, 2.45) is 0 Å². The smallest absolute Gasteiger partial charge is 0.324 e. The van der Waals surface area contributed by atoms with Gasteiger partial charge in [0.05, 0.1) is 16.9 Å². The maximum Gasteiger partial charge on any atom is 0.324 e. The Bertz CT molecular complexity index is 1950. The summed E-state index contributed by atoms with van der Waals surface area (Å²) in [6.07, 6.45) is 2.63. The van der Waals surface area contributed by atoms with Gasteiger partial charge in [0, 0.05) is 61.0 Å². The summed E-state index contributed by atoms with van der Waals surface area (Å²) in [7, 11) is 5.80. The molecule has 1 fully saturated rings. The summed E-state index contributed by atoms with van der Waals surface area (Å²) in [5.74, 6) is 2.24. The Morgan fingerprint density at radius 1 is 0.938 bits per heavy atom. The van der Waals surface area contributed by atoms with Crippen molar-refractivity contribution in [3.63, 3.8) is 0 Å². The fourth-order valence-corrected chi connectivity index (χ4v) is 5.56. The molecule has 1 aliphatic heterocycles. The molecule has 248 valence electrons. The van der Waals surface area contributed by atoms with Gasteiger partial charge in [-0.1, -0.05) is 20.8 Å². The normalized spacial score (nSPS) is 14.7. The van der Waals surface area contributed by atoms with Crippen LogP contribution in [0.2, 0.25) is 0 Å². The topological polar surface area (TPSA) is 130 Å². The molecular weight excluding hydrogens is 606 g/mol. The first-order chi connectivity index (χ1) is 23.0. The van der Waals surface area contributed by atoms with Gasteiger partial charge in [0.2, 0.25) is 0 Å². The zero-order chi connectivity index (χ0) is 34.0. The molecule has 12 heteroatoms. The van der Waals surface area contributed by atoms with Gasteiger partial charge in [-0.15, -0.1) is 0 Å². The lowest BCUT2D eigenvalue weighted by Gasteiger charge is -2.21. The fraction of sp³-hybridized carbons (Fsp3) is 0.306. The number of fused-ring (bicyclic) bond motifs is 1. The highest BCUT2D eigenvalue weighted by Gasteiger charge is 2.25. The molecule has 5 aromatic rings. The lowest BCUT2D eigenvalue weighted by molar-refractivity contribution is 0.0957. The van der Waals surface area contributed by atoms with Crippen LogP contribution in [-0.2, 0) is 5.41 Å². The highest BCUT2D eigenvalue weighted by atomic mass is 16.5. The molecule has 0 spiro atoms. The van der Waals surface area contributed by atoms with Gasteiger partial charge in [-0.25, -0.2) is 14.5 Å². The van der Waals surface area contributed by atoms with E-state index in [9.17, 15) is 9.59 Å². The monoisotopic (exact) mass is 647 g/mol. The van der Waals surface area contributed by atoms with Gasteiger partial charge in [0.15, 0.2) is 0 Å². The third kappa shape index (κ3) is 7.23. The Balaban J connectivity index is 1.17. The zero-order valence-electron chi connectivity index (χ0n) is 28.1. The van der Waals surface area contributed by atoms with Gasteiger partial charge in [0.1, 0.15) is 28.8 Å². The highest BCUT2D eigenvalue weighted by molar-refractivity contribution is 5.99. The number of ether oxygens (including phenoxy) is 1. The Hall–Kier alpha value is -5.49. The van der Waals surface area contributed by atoms with Crippen LogP contribution in [0.15, 0.2) is 79.0 Å². The quantitative estimate of drug-likeness (QED) is 0.186. The molecule has 6 rings (SSSR count). The van der Waals surface area contributed by atoms with Gasteiger partial charge >= 0.3 is 6.03 Å². The number of likely N-dealkylation sites (N-methyl/N-ethyl adjacent to an activating group) is 1. The number of rotatable bonds is 8. The summed E-state index contributed by atoms with van der Waals surface area (Å²) in [6.45, 7) is 8.22. The van der Waals surface area contributed by atoms with Crippen LogP contribution in [0.3, 0.4) is 0 Å². The minimum Gasteiger partial charge on any atom is -0.457 e. The molecule has 0 aliphatic carbocycles. The average Bonchev–Trinajstić information content (AvgIpc) is 3.74. The predicted octanol–water partition coefficient (Wildman–Crippen LogP) is 6.05. The van der Waals surface area contributed by atoms with E-state index >= 15 is 0 Å². The van der Waals surface area contributed by atoms with Crippen LogP contribution in [0, 0.1) is 0 Å². The molecule has 1 aliphatic rings. The highest BCUT2D eigenvalue weighted by Crippen LogP contribution is 2.29. The van der Waals surface area contributed by atoms with Crippen LogP contribution in [-0.4, -0.2) is 76.9 Å². The molecule has 4 heterocycles. The second-order valence-electron chi connectivity index (χ2n) is 13.1. The van der Waals surface area contributed by atoms with E-state index in [2.05, 4.69) is 77.7 Å². The van der Waals surface area contributed by atoms with Crippen LogP contribution >= 0.6 is 0 Å². The van der Waals surface area contributed by atoms with Gasteiger partial charge < -0.3 is 25.2 Å². The minimum atomic E-state index is -0.414. The van der Waals surface area contributed by atoms with E-state index in [1.807, 2.05) is 24.3 Å². The van der Waals surface area contributed by atoms with E-state index < -0.39 is 6.03 Å². The molecule has 1 atom stereocenters. The van der Waals surface area contributed by atoms with Gasteiger partial charge in [-0.3, -0.25) is 15.1 Å². The number of carbonyl (C=O) groups is 2. The first-order valence-corrected chi connectivity index (χ1v) is 15.9. The number of nitrogens with one attached hydrogen (secondary N) is 3. The number of pyridine rings is 2. The number of carbonyl (C=O) groups excluding carboxylic acids is 2. The first-order valence-electron chi connectivity index (χ1n) is 15.9. The summed E-state index contributed by atoms with van der Waals surface area (Å²) in [5, 5.41) is 14.3. The van der Waals surface area contributed by atoms with Crippen LogP contribution in [0.25, 0.3) is 16.6 Å². The summed E-state index contributed by atoms with van der Waals surface area (Å²) in [4.78, 5) is 38.7. The van der Waals surface area contributed by atoms with Crippen molar-refractivity contribution < 1.29 is 14.3 Å². The van der Waals surface area contributed by atoms with Crippen LogP contribution in [0.4, 0.5) is 22.1 Å². The molecule has 48 heavy (non-hydrogen) atoms. The lowest BCUT2D eigenvalue weighted by atomic mass is 9.92. The number of urea groups is 1. The van der Waals surface area contributed by atoms with Gasteiger partial charge in [-0.2, -0.15) is 5.10 Å². The molecule has 3 amide bonds. The van der Waals surface area contributed by atoms with E-state index in [1.165, 1.54) is 6.20 Å². The number of anilines is 3. The Morgan fingerprint density at radius 3 is 2.44 bits per heavy atom. The van der Waals surface area contributed by atoms with Crippen molar-refractivity contribution in [3.05, 3.63) is 90.4 Å². The van der Waals surface area contributed by atoms with Gasteiger partial charge in [-0.05, 0) is 81.2 Å². The number of hydrogen-bond donors (Lipinski definition) is 3. The van der Waals surface area contributed by atoms with Crippen molar-refractivity contribution in [3.8, 4) is 17.2 Å². The zero-order valence-corrected chi connectivity index (χ0v) is 28.1. The van der Waals surface area contributed by atoms with Crippen molar-refractivity contribution in [1.29, 1.82) is 0 Å². The fourth-order valence-electron chi connectivity index (χ4n) is 5.56. The summed E-state index contributed by atoms with van der Waals surface area (Å²) >= 11 is 0. The summed E-state index contributed by atoms with van der Waals surface area (Å²) in [6, 6.07) is 22.4. The Labute approximate surface area is 280 Å². The molecular formula is C36H41N9O3. The van der Waals surface area contributed by atoms with E-state index in [-0.39, 0.29) is 17.0 Å². The second kappa shape index (κ2) is 13.3. The Kier molecular flexibility index (Phi) is 9.01. The second-order valence-corrected chi connectivity index (χ2v) is 13.1. The number of benzene rings is 2. The van der Waals surface area contributed by atoms with E-state index in [0.29, 0.717) is 29.0 Å². The third-order valence-corrected chi connectivity index (χ3v) is 8.38. The maximum absolute atomic E-state index is 13.2. The maximum atomic E-state index is 13.2. The van der Waals surface area contributed by atoms with E-state index in [4.69, 9.17) is 14.8 Å². The lowest BCUT2D eigenvalue weighted by Crippen LogP contribution is -2.31. The number of hydrogen-bond acceptors (Lipinski definition) is 8. The molecule has 0 radical (unpaired) electrons. The SMILES string of the molecule is CNC(=O)c1cc(Oc2ccc(NC(=O)Nc3cc(C(C)(C)C)nn3-c3ccc4nc(N5CCC(N(C)C)C5)ccc4c3)cc2)ccn1. The molecule has 3 N–H and O–H groups in total. The number of amides is 3. The minimum absolute atomic E-state index is 0.239. The average molecular weight is 648 g/mol. The molecule has 0 saturated carbocycles. The van der Waals surface area contributed by atoms with Crippen LogP contribution < -0.4 is 25.6 Å². The molecule has 12 nitrogen and oxygen atoms in total. The molecule has 3 aromatic heterocycles. The molecule has 1 saturated heterocycles. The van der Waals surface area contributed by atoms with E-state index in [1.54, 1.807) is 48.1 Å². The summed E-state index contributed by atoms with van der Waals surface area (Å²) in [5.41, 5.74) is 3.15. The van der Waals surface area contributed by atoms with Crippen molar-refractivity contribution in [1.82, 2.24) is 30.0 Å². The van der Waals surface area contributed by atoms with E-state index in [0.717, 1.165) is 47.6 Å². The largest absolute Gasteiger partial charge is 0.457 e. The number of aromatic nitrogens is 4. The number of nitrogens with zero attached hydrogens (tertiary/aromatic N) is 6.